The predicted molar refractivity (Wildman–Crippen MR) is 53.3 cm³/mol. The van der Waals surface area contributed by atoms with Gasteiger partial charge in [0.15, 0.2) is 0 Å². The Morgan fingerprint density at radius 3 is 2.56 bits per heavy atom. The summed E-state index contributed by atoms with van der Waals surface area (Å²) in [6.45, 7) is 0. The summed E-state index contributed by atoms with van der Waals surface area (Å²) in [6, 6.07) is 4.90. The molecule has 1 aromatic carbocycles. The second-order valence-corrected chi connectivity index (χ2v) is 3.34. The zero-order valence-corrected chi connectivity index (χ0v) is 9.05. The molecule has 0 atom stereocenters. The molecule has 1 heterocycles. The lowest BCUT2D eigenvalue weighted by atomic mass is 10.3. The number of benzene rings is 1. The fourth-order valence-electron chi connectivity index (χ4n) is 1.29. The van der Waals surface area contributed by atoms with Crippen LogP contribution in [0.5, 0.6) is 5.75 Å². The first-order chi connectivity index (χ1) is 8.37. The Balaban J connectivity index is 2.39. The fourth-order valence-corrected chi connectivity index (χ4v) is 1.29. The molecule has 0 fully saturated rings. The molecule has 0 bridgehead atoms. The van der Waals surface area contributed by atoms with Gasteiger partial charge in [0.1, 0.15) is 5.75 Å². The summed E-state index contributed by atoms with van der Waals surface area (Å²) >= 11 is 0. The van der Waals surface area contributed by atoms with E-state index in [2.05, 4.69) is 15.2 Å². The van der Waals surface area contributed by atoms with Gasteiger partial charge in [-0.05, 0) is 22.6 Å². The molecule has 0 radical (unpaired) electrons. The van der Waals surface area contributed by atoms with Gasteiger partial charge in [-0.1, -0.05) is 6.07 Å². The zero-order chi connectivity index (χ0) is 13.3. The number of halogens is 3. The molecule has 0 amide bonds. The lowest BCUT2D eigenvalue weighted by Crippen LogP contribution is -2.22. The first kappa shape index (κ1) is 12.1. The van der Waals surface area contributed by atoms with Crippen LogP contribution in [0.4, 0.5) is 13.2 Å². The Labute approximate surface area is 98.2 Å². The molecule has 0 unspecified atom stereocenters. The van der Waals surface area contributed by atoms with Crippen molar-refractivity contribution >= 4 is 0 Å². The van der Waals surface area contributed by atoms with Crippen LogP contribution in [0.15, 0.2) is 29.1 Å². The maximum Gasteiger partial charge on any atom is 0.573 e. The average molecular weight is 260 g/mol. The average Bonchev–Trinajstić information content (AvgIpc) is 2.58. The van der Waals surface area contributed by atoms with Gasteiger partial charge < -0.3 is 4.74 Å². The number of hydrogen-bond donors (Lipinski definition) is 0. The molecule has 0 N–H and O–H groups in total. The number of alkyl halides is 3. The minimum absolute atomic E-state index is 0.134. The number of aryl methyl sites for hydroxylation is 1. The molecule has 0 aliphatic carbocycles. The van der Waals surface area contributed by atoms with Crippen molar-refractivity contribution in [2.24, 2.45) is 7.05 Å². The Bertz CT molecular complexity index is 617. The molecule has 0 aliphatic heterocycles. The van der Waals surface area contributed by atoms with E-state index < -0.39 is 17.8 Å². The molecule has 0 spiro atoms. The number of ether oxygens (including phenoxy) is 1. The maximum absolute atomic E-state index is 12.0. The molecule has 9 heteroatoms. The van der Waals surface area contributed by atoms with Gasteiger partial charge in [-0.25, -0.2) is 4.79 Å². The van der Waals surface area contributed by atoms with Crippen LogP contribution < -0.4 is 10.4 Å². The number of tetrazole rings is 1. The predicted octanol–water partition coefficient (Wildman–Crippen LogP) is 0.865. The third-order valence-corrected chi connectivity index (χ3v) is 2.02. The first-order valence-electron chi connectivity index (χ1n) is 4.72. The third kappa shape index (κ3) is 2.50. The second-order valence-electron chi connectivity index (χ2n) is 3.34. The molecule has 2 aromatic rings. The largest absolute Gasteiger partial charge is 0.573 e. The summed E-state index contributed by atoms with van der Waals surface area (Å²) in [5, 5.41) is 6.95. The van der Waals surface area contributed by atoms with Crippen molar-refractivity contribution < 1.29 is 17.9 Å². The van der Waals surface area contributed by atoms with Crippen molar-refractivity contribution in [3.8, 4) is 11.4 Å². The van der Waals surface area contributed by atoms with E-state index in [-0.39, 0.29) is 5.69 Å². The van der Waals surface area contributed by atoms with Crippen LogP contribution in [0.25, 0.3) is 5.69 Å². The summed E-state index contributed by atoms with van der Waals surface area (Å²) < 4.78 is 41.7. The minimum atomic E-state index is -4.79. The summed E-state index contributed by atoms with van der Waals surface area (Å²) in [4.78, 5) is 11.5. The van der Waals surface area contributed by atoms with Gasteiger partial charge in [0.25, 0.3) is 0 Å². The number of nitrogens with zero attached hydrogens (tertiary/aromatic N) is 4. The summed E-state index contributed by atoms with van der Waals surface area (Å²) in [6.07, 6.45) is -4.79. The van der Waals surface area contributed by atoms with Gasteiger partial charge in [-0.15, -0.1) is 13.2 Å². The summed E-state index contributed by atoms with van der Waals surface area (Å²) in [5.41, 5.74) is -0.436. The Hall–Kier alpha value is -2.32. The molecule has 0 saturated carbocycles. The standard InChI is InChI=1S/C9H7F3N4O2/c1-15-8(17)16(14-13-15)6-3-2-4-7(5-6)18-9(10,11)12/h2-5H,1H3. The summed E-state index contributed by atoms with van der Waals surface area (Å²) in [5.74, 6) is -0.433. The minimum Gasteiger partial charge on any atom is -0.406 e. The first-order valence-corrected chi connectivity index (χ1v) is 4.72. The molecule has 6 nitrogen and oxygen atoms in total. The highest BCUT2D eigenvalue weighted by atomic mass is 19.4. The van der Waals surface area contributed by atoms with Crippen molar-refractivity contribution in [2.45, 2.75) is 6.36 Å². The Morgan fingerprint density at radius 2 is 2.00 bits per heavy atom. The Morgan fingerprint density at radius 1 is 1.28 bits per heavy atom. The normalized spacial score (nSPS) is 11.6. The Kier molecular flexibility index (Phi) is 2.81. The van der Waals surface area contributed by atoms with E-state index in [1.54, 1.807) is 0 Å². The van der Waals surface area contributed by atoms with Gasteiger partial charge in [-0.2, -0.15) is 9.36 Å². The lowest BCUT2D eigenvalue weighted by Gasteiger charge is -2.09. The van der Waals surface area contributed by atoms with Crippen LogP contribution in [0.3, 0.4) is 0 Å². The molecular weight excluding hydrogens is 253 g/mol. The fraction of sp³-hybridized carbons (Fsp3) is 0.222. The quantitative estimate of drug-likeness (QED) is 0.803. The SMILES string of the molecule is Cn1nnn(-c2cccc(OC(F)(F)F)c2)c1=O. The molecule has 0 saturated heterocycles. The molecule has 0 aliphatic rings. The number of aromatic nitrogens is 4. The summed E-state index contributed by atoms with van der Waals surface area (Å²) in [7, 11) is 1.38. The van der Waals surface area contributed by atoms with Gasteiger partial charge in [0, 0.05) is 13.1 Å². The van der Waals surface area contributed by atoms with Crippen LogP contribution in [-0.4, -0.2) is 26.2 Å². The van der Waals surface area contributed by atoms with Crippen LogP contribution in [0.1, 0.15) is 0 Å². The molecule has 18 heavy (non-hydrogen) atoms. The molecular formula is C9H7F3N4O2. The topological polar surface area (TPSA) is 61.9 Å². The van der Waals surface area contributed by atoms with Crippen LogP contribution in [0, 0.1) is 0 Å². The number of rotatable bonds is 2. The van der Waals surface area contributed by atoms with E-state index in [9.17, 15) is 18.0 Å². The van der Waals surface area contributed by atoms with E-state index in [1.807, 2.05) is 0 Å². The molecule has 1 aromatic heterocycles. The zero-order valence-electron chi connectivity index (χ0n) is 9.05. The highest BCUT2D eigenvalue weighted by molar-refractivity contribution is 5.38. The van der Waals surface area contributed by atoms with Crippen molar-refractivity contribution in [3.05, 3.63) is 34.7 Å². The monoisotopic (exact) mass is 260 g/mol. The van der Waals surface area contributed by atoms with Gasteiger partial charge >= 0.3 is 12.1 Å². The van der Waals surface area contributed by atoms with Crippen molar-refractivity contribution in [1.82, 2.24) is 19.8 Å². The van der Waals surface area contributed by atoms with Crippen LogP contribution in [-0.2, 0) is 7.05 Å². The van der Waals surface area contributed by atoms with Gasteiger partial charge in [0.2, 0.25) is 0 Å². The third-order valence-electron chi connectivity index (χ3n) is 2.02. The van der Waals surface area contributed by atoms with Crippen LogP contribution >= 0.6 is 0 Å². The van der Waals surface area contributed by atoms with Crippen molar-refractivity contribution in [2.75, 3.05) is 0 Å². The van der Waals surface area contributed by atoms with E-state index >= 15 is 0 Å². The van der Waals surface area contributed by atoms with Gasteiger partial charge in [-0.3, -0.25) is 0 Å². The maximum atomic E-state index is 12.0. The van der Waals surface area contributed by atoms with Crippen molar-refractivity contribution in [1.29, 1.82) is 0 Å². The van der Waals surface area contributed by atoms with Crippen molar-refractivity contribution in [3.63, 3.8) is 0 Å². The van der Waals surface area contributed by atoms with Crippen LogP contribution in [0.2, 0.25) is 0 Å². The smallest absolute Gasteiger partial charge is 0.406 e. The highest BCUT2D eigenvalue weighted by Crippen LogP contribution is 2.23. The molecule has 96 valence electrons. The number of hydrogen-bond acceptors (Lipinski definition) is 4. The highest BCUT2D eigenvalue weighted by Gasteiger charge is 2.31. The van der Waals surface area contributed by atoms with E-state index in [0.29, 0.717) is 0 Å². The lowest BCUT2D eigenvalue weighted by molar-refractivity contribution is -0.274. The van der Waals surface area contributed by atoms with Gasteiger partial charge in [0.05, 0.1) is 5.69 Å². The van der Waals surface area contributed by atoms with E-state index in [4.69, 9.17) is 0 Å². The molecule has 2 rings (SSSR count). The van der Waals surface area contributed by atoms with E-state index in [0.717, 1.165) is 21.5 Å². The second kappa shape index (κ2) is 4.17. The van der Waals surface area contributed by atoms with E-state index in [1.165, 1.54) is 19.2 Å².